The zero-order valence-corrected chi connectivity index (χ0v) is 10.9. The van der Waals surface area contributed by atoms with Crippen LogP contribution in [0.1, 0.15) is 6.92 Å². The number of esters is 1. The van der Waals surface area contributed by atoms with Gasteiger partial charge in [0, 0.05) is 0 Å². The van der Waals surface area contributed by atoms with Crippen molar-refractivity contribution < 1.29 is 41.8 Å². The van der Waals surface area contributed by atoms with Crippen molar-refractivity contribution in [2.45, 2.75) is 6.92 Å². The van der Waals surface area contributed by atoms with E-state index in [1.165, 1.54) is 6.07 Å². The van der Waals surface area contributed by atoms with E-state index in [4.69, 9.17) is 9.47 Å². The molecule has 0 saturated heterocycles. The first-order valence-electron chi connectivity index (χ1n) is 5.03. The number of aromatic nitrogens is 3. The van der Waals surface area contributed by atoms with Gasteiger partial charge in [0.15, 0.2) is 23.6 Å². The van der Waals surface area contributed by atoms with Crippen molar-refractivity contribution in [3.8, 4) is 11.5 Å². The molecule has 8 heteroatoms. The van der Waals surface area contributed by atoms with E-state index in [2.05, 4.69) is 15.4 Å². The number of aromatic amines is 1. The summed E-state index contributed by atoms with van der Waals surface area (Å²) in [6, 6.07) is 3.14. The number of fused-ring (bicyclic) bond motifs is 1. The summed E-state index contributed by atoms with van der Waals surface area (Å²) < 4.78 is 9.82. The summed E-state index contributed by atoms with van der Waals surface area (Å²) in [4.78, 5) is 11.1. The first-order valence-corrected chi connectivity index (χ1v) is 5.03. The number of carbonyl (C=O) groups is 1. The van der Waals surface area contributed by atoms with Crippen LogP contribution in [0.4, 0.5) is 0 Å². The van der Waals surface area contributed by atoms with Crippen molar-refractivity contribution >= 4 is 17.0 Å². The van der Waals surface area contributed by atoms with Gasteiger partial charge in [0.25, 0.3) is 0 Å². The number of carbonyl (C=O) groups excluding carboxylic acids is 1. The molecule has 2 rings (SSSR count). The van der Waals surface area contributed by atoms with E-state index >= 15 is 0 Å². The van der Waals surface area contributed by atoms with Crippen molar-refractivity contribution in [2.75, 3.05) is 13.2 Å². The van der Waals surface area contributed by atoms with E-state index in [1.54, 1.807) is 13.0 Å². The van der Waals surface area contributed by atoms with Gasteiger partial charge in [0.2, 0.25) is 0 Å². The van der Waals surface area contributed by atoms with Crippen LogP contribution >= 0.6 is 0 Å². The van der Waals surface area contributed by atoms with Crippen LogP contribution in [0.25, 0.3) is 11.0 Å². The Morgan fingerprint density at radius 3 is 2.94 bits per heavy atom. The van der Waals surface area contributed by atoms with Crippen LogP contribution in [0.2, 0.25) is 0 Å². The molecule has 0 saturated carbocycles. The molecule has 0 amide bonds. The monoisotopic (exact) mass is 344 g/mol. The zero-order valence-electron chi connectivity index (χ0n) is 9.44. The molecule has 1 heterocycles. The molecule has 0 fully saturated rings. The Kier molecular flexibility index (Phi) is 5.14. The second-order valence-electron chi connectivity index (χ2n) is 3.20. The van der Waals surface area contributed by atoms with E-state index in [-0.39, 0.29) is 47.1 Å². The number of aromatic hydroxyl groups is 1. The third-order valence-corrected chi connectivity index (χ3v) is 2.08. The SMILES string of the molecule is CCOC(=O)COc1ccc2n[nH]nc2c1O.[Ag+]. The topological polar surface area (TPSA) is 97.3 Å². The van der Waals surface area contributed by atoms with E-state index in [1.807, 2.05) is 0 Å². The van der Waals surface area contributed by atoms with Gasteiger partial charge in [-0.3, -0.25) is 0 Å². The van der Waals surface area contributed by atoms with Crippen LogP contribution in [-0.2, 0) is 31.9 Å². The number of H-pyrrole nitrogens is 1. The van der Waals surface area contributed by atoms with Gasteiger partial charge < -0.3 is 14.6 Å². The third kappa shape index (κ3) is 3.01. The van der Waals surface area contributed by atoms with E-state index in [0.717, 1.165) is 0 Å². The van der Waals surface area contributed by atoms with Gasteiger partial charge in [-0.2, -0.15) is 15.4 Å². The average Bonchev–Trinajstić information content (AvgIpc) is 2.77. The fourth-order valence-electron chi connectivity index (χ4n) is 1.34. The molecule has 1 aromatic carbocycles. The predicted molar refractivity (Wildman–Crippen MR) is 57.7 cm³/mol. The Morgan fingerprint density at radius 1 is 1.44 bits per heavy atom. The van der Waals surface area contributed by atoms with Gasteiger partial charge in [-0.15, -0.1) is 0 Å². The minimum Gasteiger partial charge on any atom is -0.503 e. The van der Waals surface area contributed by atoms with Crippen molar-refractivity contribution in [3.05, 3.63) is 12.1 Å². The Bertz CT molecular complexity index is 543. The number of nitrogens with zero attached hydrogens (tertiary/aromatic N) is 2. The average molecular weight is 345 g/mol. The van der Waals surface area contributed by atoms with Gasteiger partial charge in [-0.1, -0.05) is 0 Å². The number of nitrogens with one attached hydrogen (secondary N) is 1. The summed E-state index contributed by atoms with van der Waals surface area (Å²) in [6.07, 6.45) is 0. The predicted octanol–water partition coefficient (Wildman–Crippen LogP) is 0.603. The molecule has 0 aliphatic carbocycles. The molecule has 2 N–H and O–H groups in total. The van der Waals surface area contributed by atoms with Gasteiger partial charge in [-0.05, 0) is 19.1 Å². The second-order valence-corrected chi connectivity index (χ2v) is 3.20. The van der Waals surface area contributed by atoms with Gasteiger partial charge in [-0.25, -0.2) is 4.79 Å². The molecule has 1 aromatic heterocycles. The number of hydrogen-bond acceptors (Lipinski definition) is 6. The first kappa shape index (κ1) is 14.5. The Labute approximate surface area is 118 Å². The van der Waals surface area contributed by atoms with Crippen LogP contribution in [0.15, 0.2) is 12.1 Å². The standard InChI is InChI=1S/C10H11N3O4.Ag/c1-2-16-8(14)5-17-7-4-3-6-9(10(7)15)12-13-11-6;/h3-4,15H,2,5H2,1H3,(H,11,12,13);/q;+1. The maximum atomic E-state index is 11.1. The Balaban J connectivity index is 0.00000162. The minimum absolute atomic E-state index is 0. The summed E-state index contributed by atoms with van der Waals surface area (Å²) in [7, 11) is 0. The maximum absolute atomic E-state index is 11.1. The number of ether oxygens (including phenoxy) is 2. The van der Waals surface area contributed by atoms with Crippen molar-refractivity contribution in [3.63, 3.8) is 0 Å². The Hall–Kier alpha value is -1.57. The minimum atomic E-state index is -0.493. The molecule has 2 aromatic rings. The zero-order chi connectivity index (χ0) is 12.3. The third-order valence-electron chi connectivity index (χ3n) is 2.08. The van der Waals surface area contributed by atoms with Crippen molar-refractivity contribution in [2.24, 2.45) is 0 Å². The molecule has 7 nitrogen and oxygen atoms in total. The summed E-state index contributed by atoms with van der Waals surface area (Å²) in [5.74, 6) is -0.479. The van der Waals surface area contributed by atoms with E-state index in [9.17, 15) is 9.90 Å². The normalized spacial score (nSPS) is 9.83. The molecule has 0 unspecified atom stereocenters. The summed E-state index contributed by atoms with van der Waals surface area (Å²) >= 11 is 0. The fourth-order valence-corrected chi connectivity index (χ4v) is 1.34. The number of phenolic OH excluding ortho intramolecular Hbond substituents is 1. The maximum Gasteiger partial charge on any atom is 1.00 e. The molecule has 0 aliphatic rings. The number of rotatable bonds is 4. The largest absolute Gasteiger partial charge is 1.00 e. The molecule has 100 valence electrons. The summed E-state index contributed by atoms with van der Waals surface area (Å²) in [6.45, 7) is 1.73. The molecular weight excluding hydrogens is 334 g/mol. The van der Waals surface area contributed by atoms with Crippen LogP contribution in [0.3, 0.4) is 0 Å². The van der Waals surface area contributed by atoms with Gasteiger partial charge in [0.1, 0.15) is 5.52 Å². The Morgan fingerprint density at radius 2 is 2.22 bits per heavy atom. The fraction of sp³-hybridized carbons (Fsp3) is 0.300. The van der Waals surface area contributed by atoms with Crippen molar-refractivity contribution in [1.82, 2.24) is 15.4 Å². The van der Waals surface area contributed by atoms with Crippen LogP contribution in [0.5, 0.6) is 11.5 Å². The smallest absolute Gasteiger partial charge is 0.503 e. The molecule has 18 heavy (non-hydrogen) atoms. The summed E-state index contributed by atoms with van der Waals surface area (Å²) in [5, 5.41) is 19.7. The van der Waals surface area contributed by atoms with E-state index in [0.29, 0.717) is 11.0 Å². The molecular formula is C10H11AgN3O4+. The molecule has 0 spiro atoms. The summed E-state index contributed by atoms with van der Waals surface area (Å²) in [5.41, 5.74) is 0.817. The van der Waals surface area contributed by atoms with Gasteiger partial charge >= 0.3 is 28.3 Å². The van der Waals surface area contributed by atoms with Gasteiger partial charge in [0.05, 0.1) is 6.61 Å². The number of benzene rings is 1. The van der Waals surface area contributed by atoms with Crippen molar-refractivity contribution in [1.29, 1.82) is 0 Å². The quantitative estimate of drug-likeness (QED) is 0.622. The van der Waals surface area contributed by atoms with Crippen LogP contribution in [0, 0.1) is 0 Å². The molecule has 0 atom stereocenters. The number of phenols is 1. The number of hydrogen-bond donors (Lipinski definition) is 2. The van der Waals surface area contributed by atoms with Crippen LogP contribution in [-0.4, -0.2) is 39.7 Å². The molecule has 0 radical (unpaired) electrons. The second kappa shape index (κ2) is 6.39. The van der Waals surface area contributed by atoms with E-state index < -0.39 is 5.97 Å². The molecule has 0 aliphatic heterocycles. The van der Waals surface area contributed by atoms with Crippen LogP contribution < -0.4 is 4.74 Å². The first-order chi connectivity index (χ1) is 8.22. The molecule has 0 bridgehead atoms.